The van der Waals surface area contributed by atoms with E-state index in [0.717, 1.165) is 12.8 Å². The van der Waals surface area contributed by atoms with Gasteiger partial charge >= 0.3 is 5.97 Å². The van der Waals surface area contributed by atoms with Crippen molar-refractivity contribution in [3.63, 3.8) is 0 Å². The van der Waals surface area contributed by atoms with Crippen molar-refractivity contribution in [1.82, 2.24) is 0 Å². The Bertz CT molecular complexity index is 314. The van der Waals surface area contributed by atoms with E-state index >= 15 is 0 Å². The van der Waals surface area contributed by atoms with Crippen molar-refractivity contribution >= 4 is 5.97 Å². The molecule has 2 nitrogen and oxygen atoms in total. The van der Waals surface area contributed by atoms with E-state index in [1.165, 1.54) is 52.1 Å². The molecule has 0 N–H and O–H groups in total. The summed E-state index contributed by atoms with van der Waals surface area (Å²) in [5.41, 5.74) is 0. The molecule has 0 spiro atoms. The van der Waals surface area contributed by atoms with Crippen molar-refractivity contribution in [3.8, 4) is 0 Å². The van der Waals surface area contributed by atoms with Gasteiger partial charge in [0.25, 0.3) is 0 Å². The third-order valence-electron chi connectivity index (χ3n) is 3.25. The molecule has 0 aliphatic carbocycles. The minimum absolute atomic E-state index is 0.167. The number of hydrogen-bond donors (Lipinski definition) is 0. The third kappa shape index (κ3) is 16.6. The second-order valence-corrected chi connectivity index (χ2v) is 5.21. The third-order valence-corrected chi connectivity index (χ3v) is 3.25. The van der Waals surface area contributed by atoms with E-state index in [4.69, 9.17) is 0 Å². The Hall–Kier alpha value is -1.31. The Morgan fingerprint density at radius 2 is 1.38 bits per heavy atom. The Labute approximate surface area is 131 Å². The van der Waals surface area contributed by atoms with Gasteiger partial charge in [-0.2, -0.15) is 0 Å². The summed E-state index contributed by atoms with van der Waals surface area (Å²) in [7, 11) is 1.42. The van der Waals surface area contributed by atoms with Crippen LogP contribution in [-0.2, 0) is 9.53 Å². The van der Waals surface area contributed by atoms with Gasteiger partial charge in [-0.25, -0.2) is 0 Å². The quantitative estimate of drug-likeness (QED) is 0.245. The van der Waals surface area contributed by atoms with E-state index in [-0.39, 0.29) is 5.97 Å². The number of methoxy groups -OCH3 is 1. The fraction of sp³-hybridized carbons (Fsp3) is 0.632. The van der Waals surface area contributed by atoms with Crippen LogP contribution in [0.2, 0.25) is 0 Å². The first-order chi connectivity index (χ1) is 10.3. The summed E-state index contributed by atoms with van der Waals surface area (Å²) < 4.78 is 4.57. The molecule has 0 fully saturated rings. The van der Waals surface area contributed by atoms with Crippen LogP contribution in [0.3, 0.4) is 0 Å². The second-order valence-electron chi connectivity index (χ2n) is 5.21. The van der Waals surface area contributed by atoms with Crippen molar-refractivity contribution in [2.75, 3.05) is 7.11 Å². The van der Waals surface area contributed by atoms with Gasteiger partial charge < -0.3 is 4.74 Å². The maximum Gasteiger partial charge on any atom is 0.309 e. The summed E-state index contributed by atoms with van der Waals surface area (Å²) >= 11 is 0. The summed E-state index contributed by atoms with van der Waals surface area (Å²) in [5, 5.41) is 0. The summed E-state index contributed by atoms with van der Waals surface area (Å²) in [6, 6.07) is 0. The van der Waals surface area contributed by atoms with E-state index < -0.39 is 0 Å². The topological polar surface area (TPSA) is 26.3 Å². The highest BCUT2D eigenvalue weighted by atomic mass is 16.5. The summed E-state index contributed by atoms with van der Waals surface area (Å²) in [6.45, 7) is 2.22. The number of rotatable bonds is 13. The van der Waals surface area contributed by atoms with Crippen LogP contribution >= 0.6 is 0 Å². The van der Waals surface area contributed by atoms with Crippen LogP contribution in [0, 0.1) is 0 Å². The molecule has 0 saturated carbocycles. The van der Waals surface area contributed by atoms with Gasteiger partial charge in [-0.05, 0) is 38.5 Å². The molecule has 0 bridgehead atoms. The molecule has 0 aromatic rings. The lowest BCUT2D eigenvalue weighted by atomic mass is 10.1. The average Bonchev–Trinajstić information content (AvgIpc) is 2.50. The maximum atomic E-state index is 10.9. The van der Waals surface area contributed by atoms with Crippen LogP contribution < -0.4 is 0 Å². The van der Waals surface area contributed by atoms with E-state index in [1.54, 1.807) is 0 Å². The molecule has 0 rings (SSSR count). The molecule has 0 heterocycles. The molecule has 0 saturated heterocycles. The number of carbonyl (C=O) groups excluding carboxylic acids is 1. The van der Waals surface area contributed by atoms with Gasteiger partial charge in [0.05, 0.1) is 13.5 Å². The molecular formula is C19H32O2. The molecule has 0 aromatic carbocycles. The fourth-order valence-electron chi connectivity index (χ4n) is 1.91. The van der Waals surface area contributed by atoms with Crippen molar-refractivity contribution < 1.29 is 9.53 Å². The second kappa shape index (κ2) is 16.7. The van der Waals surface area contributed by atoms with Gasteiger partial charge in [0, 0.05) is 0 Å². The lowest BCUT2D eigenvalue weighted by Crippen LogP contribution is -1.96. The Morgan fingerprint density at radius 3 is 1.95 bits per heavy atom. The Kier molecular flexibility index (Phi) is 15.7. The normalized spacial score (nSPS) is 11.9. The molecule has 0 aromatic heterocycles. The molecular weight excluding hydrogens is 260 g/mol. The number of hydrogen-bond acceptors (Lipinski definition) is 2. The first-order valence-corrected chi connectivity index (χ1v) is 8.33. The monoisotopic (exact) mass is 292 g/mol. The summed E-state index contributed by atoms with van der Waals surface area (Å²) in [5.74, 6) is -0.167. The highest BCUT2D eigenvalue weighted by Gasteiger charge is 1.93. The van der Waals surface area contributed by atoms with Gasteiger partial charge in [0.15, 0.2) is 0 Å². The first-order valence-electron chi connectivity index (χ1n) is 8.33. The van der Waals surface area contributed by atoms with Gasteiger partial charge in [0.2, 0.25) is 0 Å². The zero-order chi connectivity index (χ0) is 15.6. The molecule has 2 heteroatoms. The number of carbonyl (C=O) groups is 1. The molecule has 0 radical (unpaired) electrons. The SMILES string of the molecule is CCCCC=CCC=CCCCCCC=CCC(=O)OC. The molecule has 120 valence electrons. The van der Waals surface area contributed by atoms with Crippen LogP contribution in [0.5, 0.6) is 0 Å². The summed E-state index contributed by atoms with van der Waals surface area (Å²) in [4.78, 5) is 10.9. The molecule has 0 unspecified atom stereocenters. The zero-order valence-corrected chi connectivity index (χ0v) is 13.9. The Balaban J connectivity index is 3.28. The minimum atomic E-state index is -0.167. The molecule has 21 heavy (non-hydrogen) atoms. The first kappa shape index (κ1) is 19.7. The maximum absolute atomic E-state index is 10.9. The van der Waals surface area contributed by atoms with Crippen molar-refractivity contribution in [2.24, 2.45) is 0 Å². The van der Waals surface area contributed by atoms with E-state index in [1.807, 2.05) is 6.08 Å². The van der Waals surface area contributed by atoms with Gasteiger partial charge in [-0.1, -0.05) is 62.6 Å². The molecule has 0 aliphatic heterocycles. The fourth-order valence-corrected chi connectivity index (χ4v) is 1.91. The number of ether oxygens (including phenoxy) is 1. The highest BCUT2D eigenvalue weighted by Crippen LogP contribution is 2.05. The molecule has 0 aliphatic rings. The predicted molar refractivity (Wildman–Crippen MR) is 91.3 cm³/mol. The summed E-state index contributed by atoms with van der Waals surface area (Å²) in [6.07, 6.45) is 24.3. The predicted octanol–water partition coefficient (Wildman–Crippen LogP) is 5.75. The molecule has 0 atom stereocenters. The standard InChI is InChI=1S/C19H32O2/c1-3-4-5-6-7-8-9-10-11-12-13-14-15-16-17-18-19(20)21-2/h6-7,9-10,16-17H,3-5,8,11-15,18H2,1-2H3. The van der Waals surface area contributed by atoms with Crippen molar-refractivity contribution in [1.29, 1.82) is 0 Å². The van der Waals surface area contributed by atoms with E-state index in [2.05, 4.69) is 42.0 Å². The van der Waals surface area contributed by atoms with Crippen molar-refractivity contribution in [3.05, 3.63) is 36.5 Å². The van der Waals surface area contributed by atoms with Crippen LogP contribution in [0.25, 0.3) is 0 Å². The minimum Gasteiger partial charge on any atom is -0.469 e. The number of allylic oxidation sites excluding steroid dienone is 5. The smallest absolute Gasteiger partial charge is 0.309 e. The van der Waals surface area contributed by atoms with Gasteiger partial charge in [0.1, 0.15) is 0 Å². The highest BCUT2D eigenvalue weighted by molar-refractivity contribution is 5.70. The molecule has 0 amide bonds. The van der Waals surface area contributed by atoms with Crippen LogP contribution in [0.15, 0.2) is 36.5 Å². The zero-order valence-electron chi connectivity index (χ0n) is 13.9. The largest absolute Gasteiger partial charge is 0.469 e. The lowest BCUT2D eigenvalue weighted by molar-refractivity contribution is -0.139. The van der Waals surface area contributed by atoms with Crippen LogP contribution in [0.4, 0.5) is 0 Å². The number of unbranched alkanes of at least 4 members (excludes halogenated alkanes) is 6. The number of esters is 1. The lowest BCUT2D eigenvalue weighted by Gasteiger charge is -1.95. The van der Waals surface area contributed by atoms with Crippen LogP contribution in [-0.4, -0.2) is 13.1 Å². The van der Waals surface area contributed by atoms with Crippen LogP contribution in [0.1, 0.15) is 71.1 Å². The van der Waals surface area contributed by atoms with E-state index in [9.17, 15) is 4.79 Å². The average molecular weight is 292 g/mol. The van der Waals surface area contributed by atoms with Gasteiger partial charge in [-0.15, -0.1) is 0 Å². The Morgan fingerprint density at radius 1 is 0.810 bits per heavy atom. The van der Waals surface area contributed by atoms with Crippen molar-refractivity contribution in [2.45, 2.75) is 71.1 Å². The van der Waals surface area contributed by atoms with E-state index in [0.29, 0.717) is 6.42 Å². The van der Waals surface area contributed by atoms with Gasteiger partial charge in [-0.3, -0.25) is 4.79 Å².